The van der Waals surface area contributed by atoms with Gasteiger partial charge in [0.1, 0.15) is 0 Å². The lowest BCUT2D eigenvalue weighted by atomic mass is 9.46. The molecule has 0 amide bonds. The third-order valence-electron chi connectivity index (χ3n) is 12.1. The highest BCUT2D eigenvalue weighted by Crippen LogP contribution is 2.71. The van der Waals surface area contributed by atoms with Gasteiger partial charge >= 0.3 is 0 Å². The molecule has 2 saturated heterocycles. The molecule has 0 radical (unpaired) electrons. The highest BCUT2D eigenvalue weighted by atomic mass is 16.7. The number of hydrogen-bond donors (Lipinski definition) is 1. The van der Waals surface area contributed by atoms with Gasteiger partial charge < -0.3 is 14.6 Å². The molecule has 1 spiro atoms. The van der Waals surface area contributed by atoms with Gasteiger partial charge in [-0.25, -0.2) is 0 Å². The Kier molecular flexibility index (Phi) is 4.58. The second kappa shape index (κ2) is 6.70. The van der Waals surface area contributed by atoms with Crippen LogP contribution in [0.3, 0.4) is 0 Å². The van der Waals surface area contributed by atoms with Crippen molar-refractivity contribution in [1.29, 1.82) is 0 Å². The Balaban J connectivity index is 1.26. The molecule has 0 aromatic carbocycles. The summed E-state index contributed by atoms with van der Waals surface area (Å²) in [7, 11) is 0. The molecule has 6 fully saturated rings. The Morgan fingerprint density at radius 1 is 0.833 bits per heavy atom. The highest BCUT2D eigenvalue weighted by molar-refractivity contribution is 5.15. The summed E-state index contributed by atoms with van der Waals surface area (Å²) in [5, 5.41) is 10.3. The first-order chi connectivity index (χ1) is 14.3. The second-order valence-corrected chi connectivity index (χ2v) is 13.0. The van der Waals surface area contributed by atoms with Gasteiger partial charge in [-0.15, -0.1) is 0 Å². The van der Waals surface area contributed by atoms with E-state index in [4.69, 9.17) is 9.47 Å². The van der Waals surface area contributed by atoms with Crippen molar-refractivity contribution in [3.05, 3.63) is 0 Å². The van der Waals surface area contributed by atoms with Gasteiger partial charge in [0.05, 0.1) is 18.8 Å². The van der Waals surface area contributed by atoms with E-state index >= 15 is 0 Å². The van der Waals surface area contributed by atoms with Crippen LogP contribution in [-0.4, -0.2) is 29.7 Å². The molecule has 0 aromatic rings. The van der Waals surface area contributed by atoms with E-state index in [-0.39, 0.29) is 17.3 Å². The summed E-state index contributed by atoms with van der Waals surface area (Å²) in [6, 6.07) is 0. The van der Waals surface area contributed by atoms with Gasteiger partial charge in [-0.1, -0.05) is 27.7 Å². The summed E-state index contributed by atoms with van der Waals surface area (Å²) in [5.41, 5.74) is 0.763. The molecular formula is C27H44O3. The van der Waals surface area contributed by atoms with Gasteiger partial charge in [0, 0.05) is 17.8 Å². The Bertz CT molecular complexity index is 684. The molecular weight excluding hydrogens is 372 g/mol. The van der Waals surface area contributed by atoms with E-state index in [2.05, 4.69) is 27.7 Å². The molecule has 3 heteroatoms. The average Bonchev–Trinajstić information content (AvgIpc) is 3.12. The predicted molar refractivity (Wildman–Crippen MR) is 118 cm³/mol. The molecule has 0 bridgehead atoms. The summed E-state index contributed by atoms with van der Waals surface area (Å²) in [4.78, 5) is 0. The Labute approximate surface area is 183 Å². The number of aliphatic hydroxyl groups excluding tert-OH is 1. The van der Waals surface area contributed by atoms with Crippen LogP contribution in [0.1, 0.15) is 91.9 Å². The van der Waals surface area contributed by atoms with Crippen LogP contribution < -0.4 is 0 Å². The fraction of sp³-hybridized carbons (Fsp3) is 1.00. The summed E-state index contributed by atoms with van der Waals surface area (Å²) in [5.74, 6) is 5.08. The first-order valence-corrected chi connectivity index (χ1v) is 13.3. The first-order valence-electron chi connectivity index (χ1n) is 13.3. The van der Waals surface area contributed by atoms with Gasteiger partial charge in [-0.3, -0.25) is 0 Å². The van der Waals surface area contributed by atoms with Crippen molar-refractivity contribution in [2.45, 2.75) is 110 Å². The Morgan fingerprint density at radius 2 is 1.63 bits per heavy atom. The normalized spacial score (nSPS) is 62.5. The van der Waals surface area contributed by atoms with Crippen molar-refractivity contribution < 1.29 is 14.6 Å². The molecule has 1 N–H and O–H groups in total. The molecule has 6 aliphatic rings. The third kappa shape index (κ3) is 2.55. The number of fused-ring (bicyclic) bond motifs is 7. The van der Waals surface area contributed by atoms with E-state index in [1.54, 1.807) is 0 Å². The van der Waals surface area contributed by atoms with E-state index in [0.717, 1.165) is 55.5 Å². The van der Waals surface area contributed by atoms with Crippen LogP contribution in [0.5, 0.6) is 0 Å². The number of hydrogen-bond acceptors (Lipinski definition) is 3. The summed E-state index contributed by atoms with van der Waals surface area (Å²) in [6.07, 6.45) is 12.9. The lowest BCUT2D eigenvalue weighted by Crippen LogP contribution is -2.53. The topological polar surface area (TPSA) is 38.7 Å². The van der Waals surface area contributed by atoms with Crippen molar-refractivity contribution in [2.75, 3.05) is 6.61 Å². The maximum absolute atomic E-state index is 10.3. The molecule has 4 saturated carbocycles. The third-order valence-corrected chi connectivity index (χ3v) is 12.1. The molecule has 12 unspecified atom stereocenters. The monoisotopic (exact) mass is 416 g/mol. The smallest absolute Gasteiger partial charge is 0.171 e. The zero-order valence-electron chi connectivity index (χ0n) is 19.7. The van der Waals surface area contributed by atoms with Gasteiger partial charge in [-0.2, -0.15) is 0 Å². The predicted octanol–water partition coefficient (Wildman–Crippen LogP) is 5.79. The summed E-state index contributed by atoms with van der Waals surface area (Å²) in [6.45, 7) is 10.8. The van der Waals surface area contributed by atoms with Crippen molar-refractivity contribution in [1.82, 2.24) is 0 Å². The van der Waals surface area contributed by atoms with Crippen LogP contribution in [-0.2, 0) is 9.47 Å². The molecule has 170 valence electrons. The largest absolute Gasteiger partial charge is 0.393 e. The first kappa shape index (κ1) is 20.5. The van der Waals surface area contributed by atoms with E-state index in [9.17, 15) is 5.11 Å². The summed E-state index contributed by atoms with van der Waals surface area (Å²) >= 11 is 0. The zero-order valence-corrected chi connectivity index (χ0v) is 19.7. The van der Waals surface area contributed by atoms with Gasteiger partial charge in [-0.05, 0) is 98.7 Å². The van der Waals surface area contributed by atoms with E-state index in [1.165, 1.54) is 44.9 Å². The van der Waals surface area contributed by atoms with E-state index < -0.39 is 0 Å². The number of rotatable bonds is 0. The Morgan fingerprint density at radius 3 is 2.40 bits per heavy atom. The molecule has 0 aromatic heterocycles. The van der Waals surface area contributed by atoms with Crippen LogP contribution in [0.4, 0.5) is 0 Å². The highest BCUT2D eigenvalue weighted by Gasteiger charge is 2.70. The molecule has 2 heterocycles. The van der Waals surface area contributed by atoms with Crippen molar-refractivity contribution in [3.63, 3.8) is 0 Å². The molecule has 6 rings (SSSR count). The van der Waals surface area contributed by atoms with E-state index in [0.29, 0.717) is 23.4 Å². The van der Waals surface area contributed by atoms with Gasteiger partial charge in [0.25, 0.3) is 0 Å². The van der Waals surface area contributed by atoms with Crippen LogP contribution >= 0.6 is 0 Å². The standard InChI is InChI=1S/C27H44O3/c1-16-9-12-27(29-15-16)17(2)26(4)23-8-7-22-20(21(23)14-24(26)30-27)6-5-18-13-19(28)10-11-25(18,22)3/h16-24,28H,5-15H2,1-4H3. The Hall–Kier alpha value is -0.120. The lowest BCUT2D eigenvalue weighted by Gasteiger charge is -2.59. The zero-order chi connectivity index (χ0) is 20.9. The minimum absolute atomic E-state index is 0.0376. The van der Waals surface area contributed by atoms with Crippen LogP contribution in [0.15, 0.2) is 0 Å². The van der Waals surface area contributed by atoms with Crippen LogP contribution in [0.25, 0.3) is 0 Å². The van der Waals surface area contributed by atoms with Crippen molar-refractivity contribution in [3.8, 4) is 0 Å². The van der Waals surface area contributed by atoms with Crippen LogP contribution in [0.2, 0.25) is 0 Å². The average molecular weight is 417 g/mol. The molecule has 3 nitrogen and oxygen atoms in total. The quantitative estimate of drug-likeness (QED) is 0.543. The minimum Gasteiger partial charge on any atom is -0.393 e. The fourth-order valence-electron chi connectivity index (χ4n) is 10.1. The molecule has 12 atom stereocenters. The van der Waals surface area contributed by atoms with Crippen molar-refractivity contribution in [2.24, 2.45) is 52.3 Å². The number of ether oxygens (including phenoxy) is 2. The molecule has 30 heavy (non-hydrogen) atoms. The van der Waals surface area contributed by atoms with E-state index in [1.807, 2.05) is 0 Å². The lowest BCUT2D eigenvalue weighted by molar-refractivity contribution is -0.272. The molecule has 4 aliphatic carbocycles. The second-order valence-electron chi connectivity index (χ2n) is 13.0. The maximum atomic E-state index is 10.3. The van der Waals surface area contributed by atoms with Crippen LogP contribution in [0, 0.1) is 52.3 Å². The maximum Gasteiger partial charge on any atom is 0.171 e. The fourth-order valence-corrected chi connectivity index (χ4v) is 10.1. The van der Waals surface area contributed by atoms with Crippen molar-refractivity contribution >= 4 is 0 Å². The van der Waals surface area contributed by atoms with Gasteiger partial charge in [0.15, 0.2) is 5.79 Å². The summed E-state index contributed by atoms with van der Waals surface area (Å²) < 4.78 is 13.4. The minimum atomic E-state index is -0.295. The SMILES string of the molecule is CC1CCC2(OC1)OC1CC3C4CCC5CC(O)CCC5(C)C4CCC3C1(C)C2C. The number of aliphatic hydroxyl groups is 1. The van der Waals surface area contributed by atoms with Gasteiger partial charge in [0.2, 0.25) is 0 Å². The molecule has 2 aliphatic heterocycles.